The molecule has 6 heteroatoms. The largest absolute Gasteiger partial charge is 0.353 e. The smallest absolute Gasteiger partial charge is 0.325 e. The van der Waals surface area contributed by atoms with Crippen molar-refractivity contribution in [2.24, 2.45) is 0 Å². The maximum Gasteiger partial charge on any atom is 0.325 e. The third-order valence-corrected chi connectivity index (χ3v) is 3.82. The number of benzene rings is 1. The van der Waals surface area contributed by atoms with Gasteiger partial charge in [-0.2, -0.15) is 0 Å². The molecule has 122 valence electrons. The van der Waals surface area contributed by atoms with Gasteiger partial charge < -0.3 is 10.6 Å². The zero-order chi connectivity index (χ0) is 16.8. The number of imide groups is 1. The van der Waals surface area contributed by atoms with Crippen molar-refractivity contribution in [1.82, 2.24) is 15.5 Å². The molecule has 0 radical (unpaired) electrons. The number of urea groups is 1. The molecule has 2 atom stereocenters. The predicted octanol–water partition coefficient (Wildman–Crippen LogP) is 1.75. The van der Waals surface area contributed by atoms with Crippen LogP contribution in [-0.4, -0.2) is 35.3 Å². The topological polar surface area (TPSA) is 78.5 Å². The van der Waals surface area contributed by atoms with Crippen molar-refractivity contribution in [2.75, 3.05) is 6.54 Å². The molecule has 2 unspecified atom stereocenters. The van der Waals surface area contributed by atoms with Gasteiger partial charge in [0.2, 0.25) is 5.91 Å². The Balaban J connectivity index is 1.97. The van der Waals surface area contributed by atoms with Crippen LogP contribution in [0.5, 0.6) is 0 Å². The first kappa shape index (κ1) is 16.7. The van der Waals surface area contributed by atoms with Gasteiger partial charge in [0.1, 0.15) is 6.04 Å². The highest BCUT2D eigenvalue weighted by Crippen LogP contribution is 2.25. The van der Waals surface area contributed by atoms with Crippen LogP contribution in [0.1, 0.15) is 31.4 Å². The van der Waals surface area contributed by atoms with Gasteiger partial charge in [0.25, 0.3) is 5.91 Å². The summed E-state index contributed by atoms with van der Waals surface area (Å²) in [5.41, 5.74) is 0.889. The zero-order valence-electron chi connectivity index (χ0n) is 13.1. The molecule has 2 N–H and O–H groups in total. The molecule has 1 heterocycles. The van der Waals surface area contributed by atoms with Gasteiger partial charge in [-0.15, -0.1) is 6.58 Å². The lowest BCUT2D eigenvalue weighted by atomic mass is 10.1. The Kier molecular flexibility index (Phi) is 5.51. The van der Waals surface area contributed by atoms with Gasteiger partial charge >= 0.3 is 6.03 Å². The molecule has 0 bridgehead atoms. The Hall–Kier alpha value is -2.63. The molecular weight excluding hydrogens is 294 g/mol. The molecule has 1 aromatic rings. The van der Waals surface area contributed by atoms with Crippen molar-refractivity contribution < 1.29 is 14.4 Å². The lowest BCUT2D eigenvalue weighted by Gasteiger charge is -2.21. The summed E-state index contributed by atoms with van der Waals surface area (Å²) < 4.78 is 0. The molecule has 1 aromatic carbocycles. The third-order valence-electron chi connectivity index (χ3n) is 3.82. The fourth-order valence-electron chi connectivity index (χ4n) is 2.54. The quantitative estimate of drug-likeness (QED) is 0.594. The minimum absolute atomic E-state index is 0.165. The zero-order valence-corrected chi connectivity index (χ0v) is 13.1. The Bertz CT molecular complexity index is 600. The Morgan fingerprint density at radius 2 is 2.09 bits per heavy atom. The molecule has 4 amide bonds. The van der Waals surface area contributed by atoms with E-state index in [0.29, 0.717) is 6.54 Å². The van der Waals surface area contributed by atoms with Gasteiger partial charge in [-0.05, 0) is 18.9 Å². The standard InChI is InChI=1S/C17H21N3O3/c1-3-11-18-15(21)10-9-14-16(22)20(17(23)19-14)12(2)13-7-5-4-6-8-13/h3-8,12,14H,1,9-11H2,2H3,(H,18,21)(H,19,23). The molecule has 1 aliphatic rings. The van der Waals surface area contributed by atoms with E-state index in [-0.39, 0.29) is 30.7 Å². The van der Waals surface area contributed by atoms with Gasteiger partial charge in [0.15, 0.2) is 0 Å². The SMILES string of the molecule is C=CCNC(=O)CCC1NC(=O)N(C(C)c2ccccc2)C1=O. The van der Waals surface area contributed by atoms with E-state index in [4.69, 9.17) is 0 Å². The van der Waals surface area contributed by atoms with Crippen molar-refractivity contribution in [3.05, 3.63) is 48.6 Å². The lowest BCUT2D eigenvalue weighted by molar-refractivity contribution is -0.129. The molecule has 0 aliphatic carbocycles. The Labute approximate surface area is 135 Å². The van der Waals surface area contributed by atoms with Crippen LogP contribution < -0.4 is 10.6 Å². The first-order valence-corrected chi connectivity index (χ1v) is 7.60. The molecule has 1 fully saturated rings. The second-order valence-corrected chi connectivity index (χ2v) is 5.43. The van der Waals surface area contributed by atoms with Gasteiger partial charge in [0, 0.05) is 13.0 Å². The van der Waals surface area contributed by atoms with E-state index in [9.17, 15) is 14.4 Å². The van der Waals surface area contributed by atoms with Crippen molar-refractivity contribution in [1.29, 1.82) is 0 Å². The number of nitrogens with zero attached hydrogens (tertiary/aromatic N) is 1. The minimum Gasteiger partial charge on any atom is -0.353 e. The molecule has 0 spiro atoms. The number of hydrogen-bond donors (Lipinski definition) is 2. The predicted molar refractivity (Wildman–Crippen MR) is 86.5 cm³/mol. The molecule has 6 nitrogen and oxygen atoms in total. The van der Waals surface area contributed by atoms with E-state index >= 15 is 0 Å². The number of rotatable bonds is 7. The van der Waals surface area contributed by atoms with Crippen molar-refractivity contribution in [2.45, 2.75) is 31.8 Å². The van der Waals surface area contributed by atoms with Crippen LogP contribution >= 0.6 is 0 Å². The minimum atomic E-state index is -0.650. The summed E-state index contributed by atoms with van der Waals surface area (Å²) in [6.45, 7) is 5.72. The first-order valence-electron chi connectivity index (χ1n) is 7.60. The van der Waals surface area contributed by atoms with Crippen molar-refractivity contribution in [3.8, 4) is 0 Å². The highest BCUT2D eigenvalue weighted by molar-refractivity contribution is 6.04. The van der Waals surface area contributed by atoms with Crippen molar-refractivity contribution >= 4 is 17.8 Å². The average Bonchev–Trinajstić information content (AvgIpc) is 2.85. The summed E-state index contributed by atoms with van der Waals surface area (Å²) >= 11 is 0. The molecule has 23 heavy (non-hydrogen) atoms. The molecule has 0 aromatic heterocycles. The van der Waals surface area contributed by atoms with E-state index in [1.165, 1.54) is 4.90 Å². The summed E-state index contributed by atoms with van der Waals surface area (Å²) in [6.07, 6.45) is 2.05. The maximum atomic E-state index is 12.5. The maximum absolute atomic E-state index is 12.5. The second-order valence-electron chi connectivity index (χ2n) is 5.43. The summed E-state index contributed by atoms with van der Waals surface area (Å²) in [6, 6.07) is 7.96. The van der Waals surface area contributed by atoms with Gasteiger partial charge in [-0.3, -0.25) is 14.5 Å². The second kappa shape index (κ2) is 7.58. The fourth-order valence-corrected chi connectivity index (χ4v) is 2.54. The molecule has 1 aliphatic heterocycles. The van der Waals surface area contributed by atoms with Gasteiger partial charge in [-0.25, -0.2) is 4.79 Å². The summed E-state index contributed by atoms with van der Waals surface area (Å²) in [4.78, 5) is 37.4. The monoisotopic (exact) mass is 315 g/mol. The van der Waals surface area contributed by atoms with Gasteiger partial charge in [-0.1, -0.05) is 36.4 Å². The molecule has 0 saturated carbocycles. The number of amides is 4. The number of carbonyl (C=O) groups is 3. The van der Waals surface area contributed by atoms with Crippen LogP contribution in [-0.2, 0) is 9.59 Å². The highest BCUT2D eigenvalue weighted by atomic mass is 16.2. The van der Waals surface area contributed by atoms with Crippen LogP contribution in [0.3, 0.4) is 0 Å². The fraction of sp³-hybridized carbons (Fsp3) is 0.353. The number of nitrogens with one attached hydrogen (secondary N) is 2. The average molecular weight is 315 g/mol. The van der Waals surface area contributed by atoms with E-state index in [2.05, 4.69) is 17.2 Å². The van der Waals surface area contributed by atoms with Crippen LogP contribution in [0, 0.1) is 0 Å². The van der Waals surface area contributed by atoms with Crippen LogP contribution in [0.2, 0.25) is 0 Å². The third kappa shape index (κ3) is 3.97. The molecule has 2 rings (SSSR count). The van der Waals surface area contributed by atoms with Gasteiger partial charge in [0.05, 0.1) is 6.04 Å². The number of carbonyl (C=O) groups excluding carboxylic acids is 3. The normalized spacial score (nSPS) is 18.5. The van der Waals surface area contributed by atoms with Crippen LogP contribution in [0.15, 0.2) is 43.0 Å². The lowest BCUT2D eigenvalue weighted by Crippen LogP contribution is -2.34. The van der Waals surface area contributed by atoms with E-state index < -0.39 is 12.1 Å². The summed E-state index contributed by atoms with van der Waals surface area (Å²) in [5.74, 6) is -0.454. The van der Waals surface area contributed by atoms with Crippen LogP contribution in [0.4, 0.5) is 4.79 Å². The summed E-state index contributed by atoms with van der Waals surface area (Å²) in [5, 5.41) is 5.30. The number of hydrogen-bond acceptors (Lipinski definition) is 3. The summed E-state index contributed by atoms with van der Waals surface area (Å²) in [7, 11) is 0. The Morgan fingerprint density at radius 3 is 2.74 bits per heavy atom. The first-order chi connectivity index (χ1) is 11.0. The van der Waals surface area contributed by atoms with Crippen molar-refractivity contribution in [3.63, 3.8) is 0 Å². The van der Waals surface area contributed by atoms with Crippen LogP contribution in [0.25, 0.3) is 0 Å². The Morgan fingerprint density at radius 1 is 1.39 bits per heavy atom. The molecular formula is C17H21N3O3. The van der Waals surface area contributed by atoms with E-state index in [1.807, 2.05) is 37.3 Å². The molecule has 1 saturated heterocycles. The highest BCUT2D eigenvalue weighted by Gasteiger charge is 2.40. The van der Waals surface area contributed by atoms with E-state index in [0.717, 1.165) is 5.56 Å². The van der Waals surface area contributed by atoms with E-state index in [1.54, 1.807) is 6.08 Å².